The maximum absolute atomic E-state index is 11.6. The summed E-state index contributed by atoms with van der Waals surface area (Å²) < 4.78 is 11.3. The highest BCUT2D eigenvalue weighted by molar-refractivity contribution is 5.92. The normalized spacial score (nSPS) is 29.6. The van der Waals surface area contributed by atoms with Crippen molar-refractivity contribution in [3.63, 3.8) is 0 Å². The van der Waals surface area contributed by atoms with Gasteiger partial charge in [-0.15, -0.1) is 0 Å². The minimum Gasteiger partial charge on any atom is -0.461 e. The molecule has 0 unspecified atom stereocenters. The van der Waals surface area contributed by atoms with Crippen LogP contribution in [0.5, 0.6) is 0 Å². The summed E-state index contributed by atoms with van der Waals surface area (Å²) in [5, 5.41) is 28.6. The van der Waals surface area contributed by atoms with E-state index in [1.165, 1.54) is 10.9 Å². The maximum Gasteiger partial charge on any atom is 0.360 e. The number of esters is 1. The van der Waals surface area contributed by atoms with E-state index in [-0.39, 0.29) is 18.1 Å². The number of hydrogen-bond donors (Lipinski definition) is 4. The molecule has 0 saturated carbocycles. The predicted octanol–water partition coefficient (Wildman–Crippen LogP) is -1.75. The van der Waals surface area contributed by atoms with Crippen LogP contribution in [0, 0.1) is 0 Å². The Morgan fingerprint density at radius 2 is 2.25 bits per heavy atom. The van der Waals surface area contributed by atoms with Crippen LogP contribution in [0.4, 0.5) is 5.82 Å². The lowest BCUT2D eigenvalue weighted by Gasteiger charge is -2.17. The van der Waals surface area contributed by atoms with Crippen LogP contribution >= 0.6 is 0 Å². The van der Waals surface area contributed by atoms with Gasteiger partial charge in [-0.2, -0.15) is 0 Å². The molecule has 1 aliphatic rings. The fourth-order valence-corrected chi connectivity index (χ4v) is 2.04. The molecule has 1 aromatic rings. The Balaban J connectivity index is 2.24. The van der Waals surface area contributed by atoms with Gasteiger partial charge in [0, 0.05) is 0 Å². The molecule has 0 radical (unpaired) electrons. The molecule has 0 amide bonds. The molecule has 1 fully saturated rings. The smallest absolute Gasteiger partial charge is 0.360 e. The van der Waals surface area contributed by atoms with Crippen molar-refractivity contribution < 1.29 is 29.6 Å². The summed E-state index contributed by atoms with van der Waals surface area (Å²) in [6, 6.07) is 0. The van der Waals surface area contributed by atoms with E-state index in [4.69, 9.17) is 20.3 Å². The van der Waals surface area contributed by atoms with E-state index in [2.05, 4.69) is 4.98 Å². The fourth-order valence-electron chi connectivity index (χ4n) is 2.04. The molecule has 0 aromatic carbocycles. The van der Waals surface area contributed by atoms with E-state index in [0.29, 0.717) is 0 Å². The number of aliphatic hydroxyl groups is 3. The first-order valence-corrected chi connectivity index (χ1v) is 6.13. The number of imidazole rings is 1. The van der Waals surface area contributed by atoms with Crippen LogP contribution in [-0.4, -0.2) is 62.4 Å². The molecule has 0 spiro atoms. The van der Waals surface area contributed by atoms with Crippen LogP contribution in [0.25, 0.3) is 0 Å². The second-order valence-corrected chi connectivity index (χ2v) is 4.34. The number of aromatic nitrogens is 2. The molecule has 1 aliphatic heterocycles. The lowest BCUT2D eigenvalue weighted by atomic mass is 10.1. The zero-order valence-corrected chi connectivity index (χ0v) is 10.8. The molecule has 1 aromatic heterocycles. The molecule has 112 valence electrons. The number of carbonyl (C=O) groups is 1. The van der Waals surface area contributed by atoms with Gasteiger partial charge in [0.2, 0.25) is 0 Å². The van der Waals surface area contributed by atoms with Crippen molar-refractivity contribution >= 4 is 11.8 Å². The molecule has 0 aliphatic carbocycles. The van der Waals surface area contributed by atoms with Crippen molar-refractivity contribution in [3.05, 3.63) is 12.0 Å². The number of nitrogen functional groups attached to an aromatic ring is 1. The van der Waals surface area contributed by atoms with Crippen LogP contribution in [0.15, 0.2) is 6.33 Å². The highest BCUT2D eigenvalue weighted by atomic mass is 16.6. The van der Waals surface area contributed by atoms with Crippen LogP contribution < -0.4 is 5.73 Å². The van der Waals surface area contributed by atoms with Gasteiger partial charge in [0.05, 0.1) is 19.5 Å². The van der Waals surface area contributed by atoms with Crippen LogP contribution in [0.3, 0.4) is 0 Å². The number of rotatable bonds is 4. The average molecular weight is 287 g/mol. The van der Waals surface area contributed by atoms with E-state index in [9.17, 15) is 15.0 Å². The topological polar surface area (TPSA) is 140 Å². The molecule has 20 heavy (non-hydrogen) atoms. The Kier molecular flexibility index (Phi) is 4.23. The van der Waals surface area contributed by atoms with E-state index in [1.807, 2.05) is 0 Å². The van der Waals surface area contributed by atoms with Crippen molar-refractivity contribution in [1.82, 2.24) is 9.55 Å². The quantitative estimate of drug-likeness (QED) is 0.478. The molecule has 5 N–H and O–H groups in total. The van der Waals surface area contributed by atoms with Crippen LogP contribution in [-0.2, 0) is 9.47 Å². The summed E-state index contributed by atoms with van der Waals surface area (Å²) in [6.45, 7) is 1.38. The third kappa shape index (κ3) is 2.36. The minimum absolute atomic E-state index is 0.0433. The van der Waals surface area contributed by atoms with Gasteiger partial charge in [0.25, 0.3) is 0 Å². The Labute approximate surface area is 114 Å². The summed E-state index contributed by atoms with van der Waals surface area (Å²) in [5.41, 5.74) is 5.68. The van der Waals surface area contributed by atoms with Gasteiger partial charge in [0.1, 0.15) is 24.1 Å². The number of hydrogen-bond acceptors (Lipinski definition) is 8. The molecular formula is C11H17N3O6. The molecule has 4 atom stereocenters. The van der Waals surface area contributed by atoms with Crippen LogP contribution in [0.2, 0.25) is 0 Å². The second kappa shape index (κ2) is 5.75. The number of nitrogens with zero attached hydrogens (tertiary/aromatic N) is 2. The number of carbonyl (C=O) groups excluding carboxylic acids is 1. The zero-order chi connectivity index (χ0) is 14.9. The van der Waals surface area contributed by atoms with Gasteiger partial charge in [-0.25, -0.2) is 9.78 Å². The predicted molar refractivity (Wildman–Crippen MR) is 65.6 cm³/mol. The van der Waals surface area contributed by atoms with E-state index >= 15 is 0 Å². The first-order valence-electron chi connectivity index (χ1n) is 6.13. The highest BCUT2D eigenvalue weighted by Crippen LogP contribution is 2.31. The zero-order valence-electron chi connectivity index (χ0n) is 10.8. The second-order valence-electron chi connectivity index (χ2n) is 4.34. The number of ether oxygens (including phenoxy) is 2. The minimum atomic E-state index is -1.29. The van der Waals surface area contributed by atoms with Crippen molar-refractivity contribution in [2.75, 3.05) is 18.9 Å². The van der Waals surface area contributed by atoms with Crippen molar-refractivity contribution in [1.29, 1.82) is 0 Å². The third-order valence-electron chi connectivity index (χ3n) is 3.09. The van der Waals surface area contributed by atoms with E-state index in [1.54, 1.807) is 6.92 Å². The van der Waals surface area contributed by atoms with Gasteiger partial charge in [-0.3, -0.25) is 4.57 Å². The van der Waals surface area contributed by atoms with Gasteiger partial charge in [0.15, 0.2) is 11.9 Å². The molecule has 2 heterocycles. The fraction of sp³-hybridized carbons (Fsp3) is 0.636. The summed E-state index contributed by atoms with van der Waals surface area (Å²) in [5.74, 6) is -0.728. The largest absolute Gasteiger partial charge is 0.461 e. The molecule has 1 saturated heterocycles. The summed E-state index contributed by atoms with van der Waals surface area (Å²) >= 11 is 0. The Hall–Kier alpha value is -1.68. The first kappa shape index (κ1) is 14.7. The lowest BCUT2D eigenvalue weighted by Crippen LogP contribution is -2.33. The maximum atomic E-state index is 11.6. The Bertz CT molecular complexity index is 491. The highest BCUT2D eigenvalue weighted by Gasteiger charge is 2.44. The van der Waals surface area contributed by atoms with Crippen molar-refractivity contribution in [3.8, 4) is 0 Å². The van der Waals surface area contributed by atoms with Crippen molar-refractivity contribution in [2.24, 2.45) is 0 Å². The molecule has 2 rings (SSSR count). The summed E-state index contributed by atoms with van der Waals surface area (Å²) in [7, 11) is 0. The van der Waals surface area contributed by atoms with Crippen molar-refractivity contribution in [2.45, 2.75) is 31.5 Å². The van der Waals surface area contributed by atoms with E-state index < -0.39 is 37.1 Å². The third-order valence-corrected chi connectivity index (χ3v) is 3.09. The number of nitrogens with two attached hydrogens (primary N) is 1. The van der Waals surface area contributed by atoms with Gasteiger partial charge < -0.3 is 30.5 Å². The molecule has 9 nitrogen and oxygen atoms in total. The SMILES string of the molecule is CCOC(=O)c1ncn([C@@H]2O[C@H](CO)[C@@H](O)[C@H]2O)c1N. The first-order chi connectivity index (χ1) is 9.51. The lowest BCUT2D eigenvalue weighted by molar-refractivity contribution is -0.0518. The summed E-state index contributed by atoms with van der Waals surface area (Å²) in [4.78, 5) is 15.4. The Morgan fingerprint density at radius 3 is 2.80 bits per heavy atom. The number of aliphatic hydroxyl groups excluding tert-OH is 3. The standard InChI is InChI=1S/C11H17N3O6/c1-2-19-11(18)6-9(12)14(4-13-6)10-8(17)7(16)5(3-15)20-10/h4-5,7-8,10,15-17H,2-3,12H2,1H3/t5-,7-,8-,10-/m1/s1. The summed E-state index contributed by atoms with van der Waals surface area (Å²) in [6.07, 6.45) is -3.29. The average Bonchev–Trinajstić information content (AvgIpc) is 2.93. The monoisotopic (exact) mass is 287 g/mol. The van der Waals surface area contributed by atoms with Gasteiger partial charge in [-0.05, 0) is 6.92 Å². The molecule has 0 bridgehead atoms. The van der Waals surface area contributed by atoms with E-state index in [0.717, 1.165) is 0 Å². The van der Waals surface area contributed by atoms with Gasteiger partial charge >= 0.3 is 5.97 Å². The molecule has 9 heteroatoms. The van der Waals surface area contributed by atoms with Gasteiger partial charge in [-0.1, -0.05) is 0 Å². The van der Waals surface area contributed by atoms with Crippen LogP contribution in [0.1, 0.15) is 23.6 Å². The molecular weight excluding hydrogens is 270 g/mol. The number of anilines is 1. The Morgan fingerprint density at radius 1 is 1.55 bits per heavy atom.